The fourth-order valence-electron chi connectivity index (χ4n) is 1.08. The molecule has 0 aromatic heterocycles. The van der Waals surface area contributed by atoms with Gasteiger partial charge in [0.25, 0.3) is 5.69 Å². The van der Waals surface area contributed by atoms with Gasteiger partial charge in [-0.15, -0.1) is 0 Å². The van der Waals surface area contributed by atoms with Crippen molar-refractivity contribution in [2.24, 2.45) is 0 Å². The van der Waals surface area contributed by atoms with Gasteiger partial charge < -0.3 is 0 Å². The zero-order chi connectivity index (χ0) is 15.9. The van der Waals surface area contributed by atoms with E-state index in [1.165, 1.54) is 0 Å². The van der Waals surface area contributed by atoms with E-state index in [2.05, 4.69) is 0 Å². The molecule has 4 nitrogen and oxygen atoms in total. The molecule has 0 radical (unpaired) electrons. The van der Waals surface area contributed by atoms with Gasteiger partial charge in [0.05, 0.1) is 10.5 Å². The first-order chi connectivity index (χ1) is 9.13. The molecule has 0 saturated carbocycles. The molecule has 8 heteroatoms. The molecule has 0 aliphatic carbocycles. The van der Waals surface area contributed by atoms with Gasteiger partial charge in [0.2, 0.25) is 0 Å². The van der Waals surface area contributed by atoms with Crippen LogP contribution in [-0.2, 0) is 11.0 Å². The van der Waals surface area contributed by atoms with E-state index < -0.39 is 22.4 Å². The third-order valence-electron chi connectivity index (χ3n) is 2.26. The molecular weight excluding hydrogens is 299 g/mol. The van der Waals surface area contributed by atoms with Crippen molar-refractivity contribution in [2.45, 2.75) is 32.9 Å². The monoisotopic (exact) mass is 311 g/mol. The number of alkyl halides is 3. The highest BCUT2D eigenvalue weighted by Crippen LogP contribution is 2.34. The van der Waals surface area contributed by atoms with Crippen molar-refractivity contribution in [3.8, 4) is 0 Å². The summed E-state index contributed by atoms with van der Waals surface area (Å²) in [6.07, 6.45) is -3.22. The number of carbonyl (C=O) groups is 1. The lowest BCUT2D eigenvalue weighted by atomic mass is 10.2. The lowest BCUT2D eigenvalue weighted by Gasteiger charge is -2.05. The summed E-state index contributed by atoms with van der Waals surface area (Å²) in [6, 6.07) is 1.94. The van der Waals surface area contributed by atoms with Crippen LogP contribution in [-0.4, -0.2) is 10.7 Å². The molecule has 112 valence electrons. The number of rotatable bonds is 3. The van der Waals surface area contributed by atoms with Crippen LogP contribution in [0, 0.1) is 10.1 Å². The van der Waals surface area contributed by atoms with E-state index in [0.717, 1.165) is 6.07 Å². The van der Waals surface area contributed by atoms with Crippen molar-refractivity contribution < 1.29 is 22.9 Å². The number of nitro benzene ring substituents is 1. The van der Waals surface area contributed by atoms with E-state index in [9.17, 15) is 28.1 Å². The summed E-state index contributed by atoms with van der Waals surface area (Å²) < 4.78 is 36.3. The first-order valence-electron chi connectivity index (χ1n) is 5.66. The van der Waals surface area contributed by atoms with Crippen molar-refractivity contribution in [1.29, 1.82) is 0 Å². The second kappa shape index (κ2) is 7.84. The lowest BCUT2D eigenvalue weighted by Crippen LogP contribution is -2.05. The van der Waals surface area contributed by atoms with Crippen molar-refractivity contribution in [3.63, 3.8) is 0 Å². The third kappa shape index (κ3) is 6.01. The van der Waals surface area contributed by atoms with Gasteiger partial charge in [0.1, 0.15) is 10.8 Å². The summed E-state index contributed by atoms with van der Waals surface area (Å²) >= 11 is 5.33. The quantitative estimate of drug-likeness (QED) is 0.603. The third-order valence-corrected chi connectivity index (χ3v) is 2.58. The minimum absolute atomic E-state index is 0.317. The number of hydrogen-bond donors (Lipinski definition) is 0. The number of Topliss-reactive ketones (excluding diaryl/α,β-unsaturated/α-hetero) is 1. The normalized spacial score (nSPS) is 10.5. The Balaban J connectivity index is 0.000000511. The zero-order valence-electron chi connectivity index (χ0n) is 10.8. The molecule has 1 aromatic rings. The minimum atomic E-state index is -4.60. The largest absolute Gasteiger partial charge is 0.416 e. The number of halogens is 4. The predicted molar refractivity (Wildman–Crippen MR) is 68.7 cm³/mol. The predicted octanol–water partition coefficient (Wildman–Crippen LogP) is 4.64. The molecular formula is C12H13ClF3NO3. The van der Waals surface area contributed by atoms with Crippen molar-refractivity contribution in [1.82, 2.24) is 0 Å². The first-order valence-corrected chi connectivity index (χ1v) is 6.04. The van der Waals surface area contributed by atoms with Gasteiger partial charge in [0, 0.05) is 18.9 Å². The summed E-state index contributed by atoms with van der Waals surface area (Å²) in [7, 11) is 0. The van der Waals surface area contributed by atoms with Crippen LogP contribution < -0.4 is 0 Å². The molecule has 20 heavy (non-hydrogen) atoms. The Hall–Kier alpha value is -1.63. The van der Waals surface area contributed by atoms with E-state index >= 15 is 0 Å². The maximum absolute atomic E-state index is 12.1. The van der Waals surface area contributed by atoms with E-state index in [1.54, 1.807) is 0 Å². The molecule has 0 atom stereocenters. The van der Waals surface area contributed by atoms with E-state index in [1.807, 2.05) is 13.8 Å². The van der Waals surface area contributed by atoms with Crippen molar-refractivity contribution >= 4 is 23.1 Å². The Kier molecular flexibility index (Phi) is 7.20. The van der Waals surface area contributed by atoms with Crippen molar-refractivity contribution in [2.75, 3.05) is 0 Å². The summed E-state index contributed by atoms with van der Waals surface area (Å²) in [4.78, 5) is 19.5. The summed E-state index contributed by atoms with van der Waals surface area (Å²) in [6.45, 7) is 3.76. The number of hydrogen-bond acceptors (Lipinski definition) is 3. The lowest BCUT2D eigenvalue weighted by molar-refractivity contribution is -0.385. The van der Waals surface area contributed by atoms with Crippen LogP contribution in [0.1, 0.15) is 32.3 Å². The van der Waals surface area contributed by atoms with Crippen LogP contribution in [0.2, 0.25) is 5.02 Å². The number of ketones is 1. The van der Waals surface area contributed by atoms with Gasteiger partial charge in [-0.2, -0.15) is 13.2 Å². The Labute approximate surface area is 118 Å². The fraction of sp³-hybridized carbons (Fsp3) is 0.417. The highest BCUT2D eigenvalue weighted by molar-refractivity contribution is 6.32. The molecule has 0 N–H and O–H groups in total. The van der Waals surface area contributed by atoms with Crippen LogP contribution in [0.25, 0.3) is 0 Å². The first kappa shape index (κ1) is 18.4. The van der Waals surface area contributed by atoms with Gasteiger partial charge in [-0.1, -0.05) is 25.4 Å². The molecule has 1 aromatic carbocycles. The van der Waals surface area contributed by atoms with Gasteiger partial charge in [-0.25, -0.2) is 0 Å². The Morgan fingerprint density at radius 1 is 1.30 bits per heavy atom. The number of carbonyl (C=O) groups excluding carboxylic acids is 1. The number of nitro groups is 1. The molecule has 0 saturated heterocycles. The zero-order valence-corrected chi connectivity index (χ0v) is 11.6. The van der Waals surface area contributed by atoms with Crippen LogP contribution in [0.4, 0.5) is 18.9 Å². The number of benzene rings is 1. The van der Waals surface area contributed by atoms with Gasteiger partial charge in [-0.3, -0.25) is 14.9 Å². The Bertz CT molecular complexity index is 483. The van der Waals surface area contributed by atoms with E-state index in [0.29, 0.717) is 30.8 Å². The second-order valence-corrected chi connectivity index (χ2v) is 4.07. The molecule has 0 aliphatic rings. The van der Waals surface area contributed by atoms with Gasteiger partial charge in [0.15, 0.2) is 0 Å². The summed E-state index contributed by atoms with van der Waals surface area (Å²) in [5.74, 6) is 0.343. The number of nitrogens with zero attached hydrogens (tertiary/aromatic N) is 1. The topological polar surface area (TPSA) is 60.2 Å². The van der Waals surface area contributed by atoms with Crippen LogP contribution in [0.5, 0.6) is 0 Å². The molecule has 0 fully saturated rings. The molecule has 0 amide bonds. The van der Waals surface area contributed by atoms with Crippen molar-refractivity contribution in [3.05, 3.63) is 38.9 Å². The van der Waals surface area contributed by atoms with Gasteiger partial charge >= 0.3 is 6.18 Å². The summed E-state index contributed by atoms with van der Waals surface area (Å²) in [5, 5.41) is 9.94. The van der Waals surface area contributed by atoms with Gasteiger partial charge in [-0.05, 0) is 12.1 Å². The van der Waals surface area contributed by atoms with Crippen LogP contribution >= 0.6 is 11.6 Å². The maximum Gasteiger partial charge on any atom is 0.416 e. The minimum Gasteiger partial charge on any atom is -0.300 e. The average Bonchev–Trinajstić information content (AvgIpc) is 2.37. The Morgan fingerprint density at radius 3 is 2.10 bits per heavy atom. The van der Waals surface area contributed by atoms with Crippen LogP contribution in [0.15, 0.2) is 18.2 Å². The molecule has 0 aliphatic heterocycles. The molecule has 0 spiro atoms. The van der Waals surface area contributed by atoms with E-state index in [4.69, 9.17) is 11.6 Å². The van der Waals surface area contributed by atoms with E-state index in [-0.39, 0.29) is 5.02 Å². The van der Waals surface area contributed by atoms with Crippen LogP contribution in [0.3, 0.4) is 0 Å². The highest BCUT2D eigenvalue weighted by atomic mass is 35.5. The smallest absolute Gasteiger partial charge is 0.300 e. The molecule has 0 heterocycles. The fourth-order valence-corrected chi connectivity index (χ4v) is 1.27. The molecule has 0 bridgehead atoms. The molecule has 1 rings (SSSR count). The second-order valence-electron chi connectivity index (χ2n) is 3.67. The Morgan fingerprint density at radius 2 is 1.80 bits per heavy atom. The SMILES string of the molecule is CCC(=O)CC.O=[N+]([O-])c1cc(C(F)(F)F)ccc1Cl. The average molecular weight is 312 g/mol. The maximum atomic E-state index is 12.1. The molecule has 0 unspecified atom stereocenters. The summed E-state index contributed by atoms with van der Waals surface area (Å²) in [5.41, 5.74) is -1.84. The standard InChI is InChI=1S/C7H3ClF3NO2.C5H10O/c8-5-2-1-4(7(9,10)11)3-6(5)12(13)14;1-3-5(6)4-2/h1-3H;3-4H2,1-2H3. The highest BCUT2D eigenvalue weighted by Gasteiger charge is 2.32.